The normalized spacial score (nSPS) is 26.3. The summed E-state index contributed by atoms with van der Waals surface area (Å²) in [6.45, 7) is 0.207. The molecule has 0 aliphatic carbocycles. The van der Waals surface area contributed by atoms with Crippen LogP contribution < -0.4 is 0 Å². The second kappa shape index (κ2) is 5.01. The summed E-state index contributed by atoms with van der Waals surface area (Å²) in [5.41, 5.74) is 0. The summed E-state index contributed by atoms with van der Waals surface area (Å²) in [5.74, 6) is -1.26. The third-order valence-electron chi connectivity index (χ3n) is 2.53. The minimum Gasteiger partial charge on any atom is -0.480 e. The molecule has 7 heteroatoms. The summed E-state index contributed by atoms with van der Waals surface area (Å²) in [5, 5.41) is 8.58. The highest BCUT2D eigenvalue weighted by Gasteiger charge is 2.38. The van der Waals surface area contributed by atoms with Crippen LogP contribution in [0.1, 0.15) is 13.3 Å². The maximum atomic E-state index is 12.3. The van der Waals surface area contributed by atoms with Crippen molar-refractivity contribution in [2.24, 2.45) is 0 Å². The van der Waals surface area contributed by atoms with Crippen LogP contribution in [0.2, 0.25) is 0 Å². The fraction of sp³-hybridized carbons (Fsp3) is 0.889. The van der Waals surface area contributed by atoms with E-state index in [-0.39, 0.29) is 6.10 Å². The van der Waals surface area contributed by atoms with Crippen molar-refractivity contribution in [2.45, 2.75) is 31.7 Å². The highest BCUT2D eigenvalue weighted by Crippen LogP contribution is 2.24. The van der Waals surface area contributed by atoms with Gasteiger partial charge in [0.05, 0.1) is 19.2 Å². The second-order valence-corrected chi connectivity index (χ2v) is 3.85. The molecule has 1 heterocycles. The van der Waals surface area contributed by atoms with Gasteiger partial charge >= 0.3 is 12.1 Å². The van der Waals surface area contributed by atoms with Crippen molar-refractivity contribution in [1.29, 1.82) is 0 Å². The van der Waals surface area contributed by atoms with E-state index >= 15 is 0 Å². The summed E-state index contributed by atoms with van der Waals surface area (Å²) in [7, 11) is 0. The Kier molecular flexibility index (Phi) is 4.15. The molecule has 1 aliphatic rings. The zero-order valence-corrected chi connectivity index (χ0v) is 8.83. The predicted octanol–water partition coefficient (Wildman–Crippen LogP) is 1.11. The minimum atomic E-state index is -4.39. The quantitative estimate of drug-likeness (QED) is 0.801. The molecule has 0 aromatic heterocycles. The fourth-order valence-corrected chi connectivity index (χ4v) is 1.89. The van der Waals surface area contributed by atoms with Gasteiger partial charge in [0.2, 0.25) is 0 Å². The average molecular weight is 241 g/mol. The number of aliphatic carboxylic acids is 1. The van der Waals surface area contributed by atoms with Gasteiger partial charge in [0, 0.05) is 12.6 Å². The smallest absolute Gasteiger partial charge is 0.401 e. The molecule has 2 unspecified atom stereocenters. The second-order valence-electron chi connectivity index (χ2n) is 3.85. The molecule has 0 aromatic carbocycles. The van der Waals surface area contributed by atoms with Crippen LogP contribution in [0.4, 0.5) is 13.2 Å². The van der Waals surface area contributed by atoms with E-state index in [4.69, 9.17) is 9.84 Å². The highest BCUT2D eigenvalue weighted by atomic mass is 19.4. The Morgan fingerprint density at radius 2 is 2.19 bits per heavy atom. The molecule has 1 N–H and O–H groups in total. The first-order chi connectivity index (χ1) is 7.29. The number of carboxylic acid groups (broad SMARTS) is 1. The number of halogens is 3. The van der Waals surface area contributed by atoms with Crippen LogP contribution in [0.25, 0.3) is 0 Å². The first-order valence-corrected chi connectivity index (χ1v) is 4.94. The molecule has 16 heavy (non-hydrogen) atoms. The SMILES string of the molecule is CC1OCCC1N(CC(=O)O)CC(F)(F)F. The molecule has 0 spiro atoms. The van der Waals surface area contributed by atoms with Crippen molar-refractivity contribution in [3.63, 3.8) is 0 Å². The Morgan fingerprint density at radius 1 is 1.56 bits per heavy atom. The third kappa shape index (κ3) is 3.97. The molecular weight excluding hydrogens is 227 g/mol. The fourth-order valence-electron chi connectivity index (χ4n) is 1.89. The predicted molar refractivity (Wildman–Crippen MR) is 49.1 cm³/mol. The summed E-state index contributed by atoms with van der Waals surface area (Å²) in [4.78, 5) is 11.4. The maximum absolute atomic E-state index is 12.3. The summed E-state index contributed by atoms with van der Waals surface area (Å²) in [6, 6.07) is -0.474. The molecule has 94 valence electrons. The van der Waals surface area contributed by atoms with E-state index in [1.807, 2.05) is 0 Å². The zero-order chi connectivity index (χ0) is 12.3. The molecule has 0 amide bonds. The van der Waals surface area contributed by atoms with Gasteiger partial charge in [-0.3, -0.25) is 9.69 Å². The van der Waals surface area contributed by atoms with Crippen molar-refractivity contribution < 1.29 is 27.8 Å². The molecular formula is C9H14F3NO3. The van der Waals surface area contributed by atoms with Crippen molar-refractivity contribution >= 4 is 5.97 Å². The van der Waals surface area contributed by atoms with Crippen LogP contribution in [-0.2, 0) is 9.53 Å². The van der Waals surface area contributed by atoms with Crippen molar-refractivity contribution in [1.82, 2.24) is 4.90 Å². The van der Waals surface area contributed by atoms with Crippen molar-refractivity contribution in [3.8, 4) is 0 Å². The van der Waals surface area contributed by atoms with Gasteiger partial charge in [0.25, 0.3) is 0 Å². The molecule has 2 atom stereocenters. The first kappa shape index (κ1) is 13.2. The maximum Gasteiger partial charge on any atom is 0.401 e. The first-order valence-electron chi connectivity index (χ1n) is 4.94. The van der Waals surface area contributed by atoms with Gasteiger partial charge in [-0.15, -0.1) is 0 Å². The van der Waals surface area contributed by atoms with E-state index < -0.39 is 31.3 Å². The largest absolute Gasteiger partial charge is 0.480 e. The van der Waals surface area contributed by atoms with Crippen LogP contribution in [0.15, 0.2) is 0 Å². The minimum absolute atomic E-state index is 0.360. The van der Waals surface area contributed by atoms with Crippen LogP contribution in [0, 0.1) is 0 Å². The molecule has 1 aliphatic heterocycles. The molecule has 1 fully saturated rings. The number of hydrogen-bond donors (Lipinski definition) is 1. The molecule has 0 aromatic rings. The van der Waals surface area contributed by atoms with Gasteiger partial charge in [0.1, 0.15) is 0 Å². The molecule has 1 rings (SSSR count). The highest BCUT2D eigenvalue weighted by molar-refractivity contribution is 5.69. The van der Waals surface area contributed by atoms with Gasteiger partial charge < -0.3 is 9.84 Å². The van der Waals surface area contributed by atoms with Crippen LogP contribution in [0.5, 0.6) is 0 Å². The van der Waals surface area contributed by atoms with Crippen LogP contribution in [-0.4, -0.2) is 54.0 Å². The zero-order valence-electron chi connectivity index (χ0n) is 8.83. The Morgan fingerprint density at radius 3 is 2.56 bits per heavy atom. The van der Waals surface area contributed by atoms with E-state index in [0.29, 0.717) is 13.0 Å². The topological polar surface area (TPSA) is 49.8 Å². The van der Waals surface area contributed by atoms with Gasteiger partial charge in [-0.2, -0.15) is 13.2 Å². The number of rotatable bonds is 4. The van der Waals surface area contributed by atoms with Crippen LogP contribution in [0.3, 0.4) is 0 Å². The van der Waals surface area contributed by atoms with E-state index in [1.54, 1.807) is 6.92 Å². The lowest BCUT2D eigenvalue weighted by Crippen LogP contribution is -2.47. The summed E-state index contributed by atoms with van der Waals surface area (Å²) < 4.78 is 41.9. The Labute approximate surface area is 91.0 Å². The van der Waals surface area contributed by atoms with Gasteiger partial charge in [-0.05, 0) is 13.3 Å². The molecule has 0 saturated carbocycles. The van der Waals surface area contributed by atoms with Crippen molar-refractivity contribution in [3.05, 3.63) is 0 Å². The number of carboxylic acids is 1. The van der Waals surface area contributed by atoms with Gasteiger partial charge in [0.15, 0.2) is 0 Å². The number of alkyl halides is 3. The molecule has 0 radical (unpaired) electrons. The lowest BCUT2D eigenvalue weighted by molar-refractivity contribution is -0.159. The monoisotopic (exact) mass is 241 g/mol. The average Bonchev–Trinajstić information content (AvgIpc) is 2.46. The lowest BCUT2D eigenvalue weighted by atomic mass is 10.1. The summed E-state index contributed by atoms with van der Waals surface area (Å²) >= 11 is 0. The molecule has 0 bridgehead atoms. The third-order valence-corrected chi connectivity index (χ3v) is 2.53. The van der Waals surface area contributed by atoms with E-state index in [9.17, 15) is 18.0 Å². The molecule has 4 nitrogen and oxygen atoms in total. The summed E-state index contributed by atoms with van der Waals surface area (Å²) in [6.07, 6.45) is -4.32. The van der Waals surface area contributed by atoms with E-state index in [1.165, 1.54) is 0 Å². The number of hydrogen-bond acceptors (Lipinski definition) is 3. The number of carbonyl (C=O) groups is 1. The Hall–Kier alpha value is -0.820. The van der Waals surface area contributed by atoms with E-state index in [2.05, 4.69) is 0 Å². The Balaban J connectivity index is 2.66. The van der Waals surface area contributed by atoms with Crippen LogP contribution >= 0.6 is 0 Å². The Bertz CT molecular complexity index is 257. The molecule has 1 saturated heterocycles. The number of ether oxygens (including phenoxy) is 1. The van der Waals surface area contributed by atoms with Gasteiger partial charge in [-0.1, -0.05) is 0 Å². The van der Waals surface area contributed by atoms with E-state index in [0.717, 1.165) is 4.90 Å². The van der Waals surface area contributed by atoms with Crippen molar-refractivity contribution in [2.75, 3.05) is 19.7 Å². The lowest BCUT2D eigenvalue weighted by Gasteiger charge is -2.29. The van der Waals surface area contributed by atoms with Gasteiger partial charge in [-0.25, -0.2) is 0 Å². The standard InChI is InChI=1S/C9H14F3NO3/c1-6-7(2-3-16-6)13(4-8(14)15)5-9(10,11)12/h6-7H,2-5H2,1H3,(H,14,15). The number of nitrogens with zero attached hydrogens (tertiary/aromatic N) is 1.